The van der Waals surface area contributed by atoms with Crippen molar-refractivity contribution in [2.45, 2.75) is 44.9 Å². The van der Waals surface area contributed by atoms with E-state index in [1.807, 2.05) is 4.90 Å². The quantitative estimate of drug-likeness (QED) is 0.683. The first kappa shape index (κ1) is 18.4. The highest BCUT2D eigenvalue weighted by atomic mass is 32.1. The van der Waals surface area contributed by atoms with Gasteiger partial charge < -0.3 is 14.4 Å². The molecule has 0 unspecified atom stereocenters. The van der Waals surface area contributed by atoms with Gasteiger partial charge in [-0.2, -0.15) is 0 Å². The Bertz CT molecular complexity index is 490. The third kappa shape index (κ3) is 5.55. The van der Waals surface area contributed by atoms with Crippen molar-refractivity contribution in [2.75, 3.05) is 40.0 Å². The minimum Gasteiger partial charge on any atom is -0.382 e. The van der Waals surface area contributed by atoms with E-state index in [1.165, 1.54) is 10.7 Å². The van der Waals surface area contributed by atoms with Crippen LogP contribution in [0.5, 0.6) is 0 Å². The second-order valence-electron chi connectivity index (χ2n) is 6.30. The largest absolute Gasteiger partial charge is 0.382 e. The van der Waals surface area contributed by atoms with Gasteiger partial charge in [-0.05, 0) is 18.8 Å². The predicted octanol–water partition coefficient (Wildman–Crippen LogP) is 3.03. The molecule has 1 aliphatic rings. The highest BCUT2D eigenvalue weighted by molar-refractivity contribution is 7.09. The molecule has 1 amide bonds. The number of likely N-dealkylation sites (tertiary alicyclic amines) is 1. The number of carbonyl (C=O) groups excluding carboxylic acids is 1. The normalized spacial score (nSPS) is 18.6. The molecule has 1 aromatic rings. The first-order valence-electron chi connectivity index (χ1n) is 8.41. The zero-order valence-electron chi connectivity index (χ0n) is 14.4. The molecule has 1 aromatic heterocycles. The topological polar surface area (TPSA) is 51.7 Å². The van der Waals surface area contributed by atoms with Crippen LogP contribution in [0.3, 0.4) is 0 Å². The lowest BCUT2D eigenvalue weighted by molar-refractivity contribution is -0.133. The number of ether oxygens (including phenoxy) is 2. The van der Waals surface area contributed by atoms with Gasteiger partial charge >= 0.3 is 0 Å². The zero-order valence-corrected chi connectivity index (χ0v) is 15.2. The smallest absolute Gasteiger partial charge is 0.224 e. The maximum atomic E-state index is 12.3. The van der Waals surface area contributed by atoms with E-state index >= 15 is 0 Å². The van der Waals surface area contributed by atoms with Gasteiger partial charge in [0.25, 0.3) is 0 Å². The van der Waals surface area contributed by atoms with Crippen molar-refractivity contribution in [3.8, 4) is 0 Å². The summed E-state index contributed by atoms with van der Waals surface area (Å²) in [5, 5.41) is 3.34. The van der Waals surface area contributed by atoms with Gasteiger partial charge in [0.15, 0.2) is 0 Å². The number of hydrogen-bond acceptors (Lipinski definition) is 5. The molecule has 0 aromatic carbocycles. The molecule has 130 valence electrons. The number of aromatic nitrogens is 1. The molecule has 0 radical (unpaired) electrons. The lowest BCUT2D eigenvalue weighted by Crippen LogP contribution is -2.39. The van der Waals surface area contributed by atoms with Crippen LogP contribution >= 0.6 is 11.3 Å². The van der Waals surface area contributed by atoms with E-state index in [0.29, 0.717) is 38.1 Å². The Hall–Kier alpha value is -0.980. The third-order valence-corrected chi connectivity index (χ3v) is 5.17. The molecule has 2 rings (SSSR count). The molecule has 0 N–H and O–H groups in total. The number of methoxy groups -OCH3 is 1. The lowest BCUT2D eigenvalue weighted by Gasteiger charge is -2.32. The van der Waals surface area contributed by atoms with Crippen LogP contribution in [-0.2, 0) is 14.3 Å². The van der Waals surface area contributed by atoms with Crippen LogP contribution in [0.25, 0.3) is 0 Å². The van der Waals surface area contributed by atoms with Gasteiger partial charge in [-0.1, -0.05) is 13.8 Å². The summed E-state index contributed by atoms with van der Waals surface area (Å²) in [5.74, 6) is 1.04. The van der Waals surface area contributed by atoms with E-state index in [-0.39, 0.29) is 5.91 Å². The van der Waals surface area contributed by atoms with Crippen LogP contribution in [0.15, 0.2) is 5.38 Å². The SMILES string of the molecule is COCCOCCC(=O)N1CCC[C@H](c2nc(C(C)C)cs2)C1. The summed E-state index contributed by atoms with van der Waals surface area (Å²) in [6, 6.07) is 0. The average Bonchev–Trinajstić information content (AvgIpc) is 3.05. The van der Waals surface area contributed by atoms with Gasteiger partial charge in [-0.3, -0.25) is 4.79 Å². The van der Waals surface area contributed by atoms with Gasteiger partial charge in [0.05, 0.1) is 36.9 Å². The molecule has 0 saturated carbocycles. The number of rotatable bonds is 8. The summed E-state index contributed by atoms with van der Waals surface area (Å²) >= 11 is 1.74. The number of piperidine rings is 1. The molecular formula is C17H28N2O3S. The lowest BCUT2D eigenvalue weighted by atomic mass is 9.98. The highest BCUT2D eigenvalue weighted by Crippen LogP contribution is 2.31. The van der Waals surface area contributed by atoms with Gasteiger partial charge in [0.1, 0.15) is 0 Å². The number of thiazole rings is 1. The molecule has 5 nitrogen and oxygen atoms in total. The van der Waals surface area contributed by atoms with Crippen molar-refractivity contribution in [1.29, 1.82) is 0 Å². The summed E-state index contributed by atoms with van der Waals surface area (Å²) in [6.45, 7) is 7.57. The van der Waals surface area contributed by atoms with E-state index < -0.39 is 0 Å². The molecule has 0 aliphatic carbocycles. The number of amides is 1. The van der Waals surface area contributed by atoms with E-state index in [2.05, 4.69) is 19.2 Å². The van der Waals surface area contributed by atoms with Crippen molar-refractivity contribution in [3.63, 3.8) is 0 Å². The van der Waals surface area contributed by atoms with Crippen LogP contribution in [0.1, 0.15) is 55.6 Å². The number of carbonyl (C=O) groups is 1. The summed E-state index contributed by atoms with van der Waals surface area (Å²) in [6.07, 6.45) is 2.63. The van der Waals surface area contributed by atoms with Crippen LogP contribution in [0.4, 0.5) is 0 Å². The maximum Gasteiger partial charge on any atom is 0.224 e. The van der Waals surface area contributed by atoms with Crippen LogP contribution in [0.2, 0.25) is 0 Å². The molecule has 6 heteroatoms. The second-order valence-corrected chi connectivity index (χ2v) is 7.19. The Kier molecular flexibility index (Phi) is 7.46. The molecule has 0 spiro atoms. The van der Waals surface area contributed by atoms with Gasteiger partial charge in [-0.25, -0.2) is 4.98 Å². The number of nitrogens with zero attached hydrogens (tertiary/aromatic N) is 2. The van der Waals surface area contributed by atoms with Crippen LogP contribution in [-0.4, -0.2) is 55.8 Å². The molecule has 23 heavy (non-hydrogen) atoms. The monoisotopic (exact) mass is 340 g/mol. The van der Waals surface area contributed by atoms with Gasteiger partial charge in [0, 0.05) is 31.5 Å². The average molecular weight is 340 g/mol. The second kappa shape index (κ2) is 9.35. The minimum atomic E-state index is 0.188. The fourth-order valence-electron chi connectivity index (χ4n) is 2.72. The van der Waals surface area contributed by atoms with Crippen molar-refractivity contribution in [1.82, 2.24) is 9.88 Å². The zero-order chi connectivity index (χ0) is 16.7. The van der Waals surface area contributed by atoms with Crippen molar-refractivity contribution in [3.05, 3.63) is 16.1 Å². The van der Waals surface area contributed by atoms with Crippen molar-refractivity contribution >= 4 is 17.2 Å². The fraction of sp³-hybridized carbons (Fsp3) is 0.765. The predicted molar refractivity (Wildman–Crippen MR) is 92.1 cm³/mol. The summed E-state index contributed by atoms with van der Waals surface area (Å²) < 4.78 is 10.3. The highest BCUT2D eigenvalue weighted by Gasteiger charge is 2.26. The maximum absolute atomic E-state index is 12.3. The van der Waals surface area contributed by atoms with Crippen LogP contribution < -0.4 is 0 Å². The first-order valence-corrected chi connectivity index (χ1v) is 9.29. The van der Waals surface area contributed by atoms with E-state index in [1.54, 1.807) is 18.4 Å². The Labute approximate surface area is 143 Å². The summed E-state index contributed by atoms with van der Waals surface area (Å²) in [7, 11) is 1.64. The first-order chi connectivity index (χ1) is 11.1. The minimum absolute atomic E-state index is 0.188. The molecule has 1 aliphatic heterocycles. The van der Waals surface area contributed by atoms with E-state index in [4.69, 9.17) is 14.5 Å². The van der Waals surface area contributed by atoms with Gasteiger partial charge in [0.2, 0.25) is 5.91 Å². The Balaban J connectivity index is 1.81. The third-order valence-electron chi connectivity index (χ3n) is 4.15. The van der Waals surface area contributed by atoms with E-state index in [9.17, 15) is 4.79 Å². The summed E-state index contributed by atoms with van der Waals surface area (Å²) in [5.41, 5.74) is 1.17. The Morgan fingerprint density at radius 1 is 1.43 bits per heavy atom. The fourth-order valence-corrected chi connectivity index (χ4v) is 3.83. The summed E-state index contributed by atoms with van der Waals surface area (Å²) in [4.78, 5) is 19.1. The molecule has 1 atom stereocenters. The standard InChI is InChI=1S/C17H28N2O3S/c1-13(2)15-12-23-17(18-15)14-5-4-7-19(11-14)16(20)6-8-22-10-9-21-3/h12-14H,4-11H2,1-3H3/t14-/m0/s1. The molecular weight excluding hydrogens is 312 g/mol. The van der Waals surface area contributed by atoms with Gasteiger partial charge in [-0.15, -0.1) is 11.3 Å². The molecule has 2 heterocycles. The number of hydrogen-bond donors (Lipinski definition) is 0. The Morgan fingerprint density at radius 2 is 2.26 bits per heavy atom. The van der Waals surface area contributed by atoms with Crippen LogP contribution in [0, 0.1) is 0 Å². The van der Waals surface area contributed by atoms with E-state index in [0.717, 1.165) is 25.9 Å². The van der Waals surface area contributed by atoms with Crippen molar-refractivity contribution < 1.29 is 14.3 Å². The van der Waals surface area contributed by atoms with Crippen molar-refractivity contribution in [2.24, 2.45) is 0 Å². The molecule has 1 saturated heterocycles. The molecule has 0 bridgehead atoms. The Morgan fingerprint density at radius 3 is 2.96 bits per heavy atom. The molecule has 1 fully saturated rings.